The summed E-state index contributed by atoms with van der Waals surface area (Å²) in [5, 5.41) is 0. The zero-order valence-corrected chi connectivity index (χ0v) is 8.41. The Labute approximate surface area is 91.0 Å². The van der Waals surface area contributed by atoms with Crippen molar-refractivity contribution in [2.45, 2.75) is 19.3 Å². The first-order valence-electron chi connectivity index (χ1n) is 4.73. The number of esters is 1. The van der Waals surface area contributed by atoms with Crippen LogP contribution in [0.1, 0.15) is 19.3 Å². The van der Waals surface area contributed by atoms with E-state index in [2.05, 4.69) is 4.74 Å². The molecule has 1 rings (SSSR count). The van der Waals surface area contributed by atoms with Gasteiger partial charge in [0, 0.05) is 18.9 Å². The number of carbonyl (C=O) groups excluding carboxylic acids is 2. The normalized spacial score (nSPS) is 9.88. The Morgan fingerprint density at radius 2 is 2.12 bits per heavy atom. The van der Waals surface area contributed by atoms with E-state index in [4.69, 9.17) is 0 Å². The number of hydrogen-bond donors (Lipinski definition) is 0. The highest BCUT2D eigenvalue weighted by molar-refractivity contribution is 5.72. The molecule has 0 fully saturated rings. The van der Waals surface area contributed by atoms with Gasteiger partial charge in [-0.15, -0.1) is 0 Å². The molecule has 5 heteroatoms. The summed E-state index contributed by atoms with van der Waals surface area (Å²) >= 11 is 0. The fourth-order valence-corrected chi connectivity index (χ4v) is 1.06. The molecule has 0 saturated heterocycles. The molecule has 1 aromatic carbocycles. The van der Waals surface area contributed by atoms with Crippen LogP contribution in [0.5, 0.6) is 5.75 Å². The molecular weight excluding hydrogens is 218 g/mol. The Hall–Kier alpha value is -1.78. The van der Waals surface area contributed by atoms with Crippen LogP contribution >= 0.6 is 0 Å². The smallest absolute Gasteiger partial charge is 0.311 e. The van der Waals surface area contributed by atoms with E-state index < -0.39 is 23.4 Å². The molecule has 0 aliphatic carbocycles. The van der Waals surface area contributed by atoms with Gasteiger partial charge in [0.25, 0.3) is 0 Å². The topological polar surface area (TPSA) is 43.4 Å². The lowest BCUT2D eigenvalue weighted by atomic mass is 10.2. The summed E-state index contributed by atoms with van der Waals surface area (Å²) in [5.41, 5.74) is 0. The van der Waals surface area contributed by atoms with E-state index in [1.165, 1.54) is 0 Å². The van der Waals surface area contributed by atoms with Crippen LogP contribution in [0.25, 0.3) is 0 Å². The zero-order valence-electron chi connectivity index (χ0n) is 8.41. The highest BCUT2D eigenvalue weighted by Crippen LogP contribution is 2.18. The van der Waals surface area contributed by atoms with Gasteiger partial charge in [-0.3, -0.25) is 4.79 Å². The number of ether oxygens (including phenoxy) is 1. The molecule has 0 unspecified atom stereocenters. The Morgan fingerprint density at radius 1 is 1.38 bits per heavy atom. The molecule has 0 N–H and O–H groups in total. The van der Waals surface area contributed by atoms with Crippen molar-refractivity contribution in [1.29, 1.82) is 0 Å². The SMILES string of the molecule is O=CCCCC(=O)Oc1cc(F)ccc1F. The maximum absolute atomic E-state index is 13.0. The third-order valence-corrected chi connectivity index (χ3v) is 1.82. The van der Waals surface area contributed by atoms with E-state index in [-0.39, 0.29) is 12.8 Å². The van der Waals surface area contributed by atoms with Crippen LogP contribution in [0.3, 0.4) is 0 Å². The Morgan fingerprint density at radius 3 is 2.81 bits per heavy atom. The van der Waals surface area contributed by atoms with Crippen molar-refractivity contribution in [3.05, 3.63) is 29.8 Å². The predicted molar refractivity (Wildman–Crippen MR) is 51.9 cm³/mol. The standard InChI is InChI=1S/C11H10F2O3/c12-8-4-5-9(13)10(7-8)16-11(15)3-1-2-6-14/h4-7H,1-3H2. The molecule has 0 spiro atoms. The van der Waals surface area contributed by atoms with Crippen molar-refractivity contribution in [1.82, 2.24) is 0 Å². The molecule has 86 valence electrons. The zero-order chi connectivity index (χ0) is 12.0. The summed E-state index contributed by atoms with van der Waals surface area (Å²) < 4.78 is 30.3. The highest BCUT2D eigenvalue weighted by Gasteiger charge is 2.10. The average molecular weight is 228 g/mol. The van der Waals surface area contributed by atoms with Crippen LogP contribution in [-0.2, 0) is 9.59 Å². The molecule has 16 heavy (non-hydrogen) atoms. The van der Waals surface area contributed by atoms with Gasteiger partial charge in [-0.2, -0.15) is 0 Å². The summed E-state index contributed by atoms with van der Waals surface area (Å²) in [6.07, 6.45) is 1.24. The van der Waals surface area contributed by atoms with Crippen molar-refractivity contribution in [3.8, 4) is 5.75 Å². The molecule has 0 aliphatic rings. The summed E-state index contributed by atoms with van der Waals surface area (Å²) in [6.45, 7) is 0. The molecule has 0 heterocycles. The first kappa shape index (κ1) is 12.3. The van der Waals surface area contributed by atoms with E-state index >= 15 is 0 Å². The van der Waals surface area contributed by atoms with E-state index in [1.54, 1.807) is 0 Å². The summed E-state index contributed by atoms with van der Waals surface area (Å²) in [5.74, 6) is -2.61. The molecule has 0 aliphatic heterocycles. The van der Waals surface area contributed by atoms with Gasteiger partial charge in [0.2, 0.25) is 0 Å². The first-order chi connectivity index (χ1) is 7.63. The van der Waals surface area contributed by atoms with E-state index in [0.717, 1.165) is 18.2 Å². The molecule has 0 bridgehead atoms. The molecule has 1 aromatic rings. The number of benzene rings is 1. The number of halogens is 2. The van der Waals surface area contributed by atoms with Crippen molar-refractivity contribution < 1.29 is 23.1 Å². The third kappa shape index (κ3) is 3.76. The summed E-state index contributed by atoms with van der Waals surface area (Å²) in [6, 6.07) is 2.61. The van der Waals surface area contributed by atoms with Crippen LogP contribution in [-0.4, -0.2) is 12.3 Å². The maximum Gasteiger partial charge on any atom is 0.311 e. The van der Waals surface area contributed by atoms with Crippen LogP contribution in [0.15, 0.2) is 18.2 Å². The van der Waals surface area contributed by atoms with Crippen molar-refractivity contribution in [3.63, 3.8) is 0 Å². The fraction of sp³-hybridized carbons (Fsp3) is 0.273. The number of rotatable bonds is 5. The Balaban J connectivity index is 2.55. The lowest BCUT2D eigenvalue weighted by molar-refractivity contribution is -0.134. The van der Waals surface area contributed by atoms with Crippen LogP contribution in [0, 0.1) is 11.6 Å². The first-order valence-corrected chi connectivity index (χ1v) is 4.73. The van der Waals surface area contributed by atoms with E-state index in [0.29, 0.717) is 12.7 Å². The third-order valence-electron chi connectivity index (χ3n) is 1.82. The van der Waals surface area contributed by atoms with Gasteiger partial charge in [-0.1, -0.05) is 0 Å². The lowest BCUT2D eigenvalue weighted by Crippen LogP contribution is -2.09. The van der Waals surface area contributed by atoms with Crippen LogP contribution in [0.4, 0.5) is 8.78 Å². The van der Waals surface area contributed by atoms with Gasteiger partial charge in [0.1, 0.15) is 12.1 Å². The molecule has 0 aromatic heterocycles. The van der Waals surface area contributed by atoms with Gasteiger partial charge in [-0.05, 0) is 18.6 Å². The minimum absolute atomic E-state index is 0.00526. The molecule has 0 radical (unpaired) electrons. The van der Waals surface area contributed by atoms with Gasteiger partial charge < -0.3 is 9.53 Å². The van der Waals surface area contributed by atoms with Crippen molar-refractivity contribution in [2.24, 2.45) is 0 Å². The monoisotopic (exact) mass is 228 g/mol. The van der Waals surface area contributed by atoms with E-state index in [9.17, 15) is 18.4 Å². The number of carbonyl (C=O) groups is 2. The van der Waals surface area contributed by atoms with Gasteiger partial charge in [0.15, 0.2) is 11.6 Å². The fourth-order valence-electron chi connectivity index (χ4n) is 1.06. The summed E-state index contributed by atoms with van der Waals surface area (Å²) in [7, 11) is 0. The second-order valence-corrected chi connectivity index (χ2v) is 3.11. The van der Waals surface area contributed by atoms with Crippen molar-refractivity contribution in [2.75, 3.05) is 0 Å². The van der Waals surface area contributed by atoms with Crippen LogP contribution < -0.4 is 4.74 Å². The average Bonchev–Trinajstić information content (AvgIpc) is 2.24. The van der Waals surface area contributed by atoms with Crippen molar-refractivity contribution >= 4 is 12.3 Å². The minimum atomic E-state index is -0.801. The number of hydrogen-bond acceptors (Lipinski definition) is 3. The predicted octanol–water partition coefficient (Wildman–Crippen LogP) is 2.24. The molecule has 0 atom stereocenters. The molecular formula is C11H10F2O3. The van der Waals surface area contributed by atoms with E-state index in [1.807, 2.05) is 0 Å². The second-order valence-electron chi connectivity index (χ2n) is 3.11. The highest BCUT2D eigenvalue weighted by atomic mass is 19.1. The summed E-state index contributed by atoms with van der Waals surface area (Å²) in [4.78, 5) is 21.1. The second kappa shape index (κ2) is 5.95. The maximum atomic E-state index is 13.0. The number of aldehydes is 1. The minimum Gasteiger partial charge on any atom is -0.423 e. The quantitative estimate of drug-likeness (QED) is 0.336. The molecule has 3 nitrogen and oxygen atoms in total. The molecule has 0 amide bonds. The van der Waals surface area contributed by atoms with Gasteiger partial charge >= 0.3 is 5.97 Å². The largest absolute Gasteiger partial charge is 0.423 e. The molecule has 0 saturated carbocycles. The lowest BCUT2D eigenvalue weighted by Gasteiger charge is -2.04. The Kier molecular flexibility index (Phi) is 4.57. The van der Waals surface area contributed by atoms with Gasteiger partial charge in [-0.25, -0.2) is 8.78 Å². The number of unbranched alkanes of at least 4 members (excludes halogenated alkanes) is 1. The van der Waals surface area contributed by atoms with Gasteiger partial charge in [0.05, 0.1) is 0 Å². The van der Waals surface area contributed by atoms with Crippen LogP contribution in [0.2, 0.25) is 0 Å². The Bertz CT molecular complexity index is 391.